The number of hydrogen-bond donors (Lipinski definition) is 0. The van der Waals surface area contributed by atoms with Gasteiger partial charge < -0.3 is 4.74 Å². The summed E-state index contributed by atoms with van der Waals surface area (Å²) < 4.78 is 33.1. The summed E-state index contributed by atoms with van der Waals surface area (Å²) >= 11 is 0. The molecular weight excluding hydrogens is 242 g/mol. The summed E-state index contributed by atoms with van der Waals surface area (Å²) in [5.74, 6) is -1.87. The van der Waals surface area contributed by atoms with Gasteiger partial charge in [-0.25, -0.2) is 18.6 Å². The summed E-state index contributed by atoms with van der Waals surface area (Å²) in [6.45, 7) is 0. The van der Waals surface area contributed by atoms with E-state index >= 15 is 0 Å². The maximum absolute atomic E-state index is 14.2. The monoisotopic (exact) mass is 252 g/mol. The van der Waals surface area contributed by atoms with Gasteiger partial charge in [0.25, 0.3) is 0 Å². The Bertz CT molecular complexity index is 647. The molecule has 2 aromatic heterocycles. The third-order valence-corrected chi connectivity index (χ3v) is 3.08. The van der Waals surface area contributed by atoms with Crippen LogP contribution in [0, 0.1) is 11.6 Å². The van der Waals surface area contributed by atoms with Crippen LogP contribution in [0.2, 0.25) is 0 Å². The molecule has 0 saturated heterocycles. The number of esters is 1. The molecule has 18 heavy (non-hydrogen) atoms. The molecule has 3 rings (SSSR count). The number of aromatic nitrogens is 2. The summed E-state index contributed by atoms with van der Waals surface area (Å²) in [5, 5.41) is 0. The Labute approximate surface area is 101 Å². The standard InChI is InChI=1S/C12H10F2N2O2/c1-18-12(17)10-8(6-2-3-6)9(14)11-15-4-7(13)5-16(10)11/h4-6H,2-3H2,1H3. The average Bonchev–Trinajstić information content (AvgIpc) is 3.14. The lowest BCUT2D eigenvalue weighted by atomic mass is 10.1. The van der Waals surface area contributed by atoms with E-state index < -0.39 is 17.6 Å². The van der Waals surface area contributed by atoms with Crippen molar-refractivity contribution in [3.63, 3.8) is 0 Å². The summed E-state index contributed by atoms with van der Waals surface area (Å²) in [6, 6.07) is 0. The molecule has 4 nitrogen and oxygen atoms in total. The van der Waals surface area contributed by atoms with E-state index in [1.807, 2.05) is 0 Å². The van der Waals surface area contributed by atoms with Crippen LogP contribution in [-0.2, 0) is 4.74 Å². The zero-order valence-electron chi connectivity index (χ0n) is 9.61. The first kappa shape index (κ1) is 11.1. The first-order valence-corrected chi connectivity index (χ1v) is 5.56. The quantitative estimate of drug-likeness (QED) is 0.770. The first-order chi connectivity index (χ1) is 8.63. The molecule has 2 aromatic rings. The van der Waals surface area contributed by atoms with Crippen molar-refractivity contribution in [2.75, 3.05) is 7.11 Å². The largest absolute Gasteiger partial charge is 0.464 e. The molecule has 0 unspecified atom stereocenters. The minimum absolute atomic E-state index is 0.00358. The highest BCUT2D eigenvalue weighted by Crippen LogP contribution is 2.44. The molecule has 0 atom stereocenters. The minimum Gasteiger partial charge on any atom is -0.464 e. The van der Waals surface area contributed by atoms with E-state index in [1.165, 1.54) is 7.11 Å². The number of methoxy groups -OCH3 is 1. The Hall–Kier alpha value is -1.98. The van der Waals surface area contributed by atoms with E-state index in [0.29, 0.717) is 5.56 Å². The molecule has 2 heterocycles. The van der Waals surface area contributed by atoms with E-state index in [9.17, 15) is 13.6 Å². The number of nitrogens with zero attached hydrogens (tertiary/aromatic N) is 2. The maximum atomic E-state index is 14.2. The van der Waals surface area contributed by atoms with Crippen LogP contribution in [0.1, 0.15) is 34.8 Å². The van der Waals surface area contributed by atoms with Gasteiger partial charge in [-0.2, -0.15) is 0 Å². The van der Waals surface area contributed by atoms with E-state index in [4.69, 9.17) is 0 Å². The van der Waals surface area contributed by atoms with Crippen molar-refractivity contribution in [1.82, 2.24) is 9.38 Å². The average molecular weight is 252 g/mol. The third kappa shape index (κ3) is 1.48. The van der Waals surface area contributed by atoms with E-state index in [1.54, 1.807) is 0 Å². The Kier molecular flexibility index (Phi) is 2.33. The van der Waals surface area contributed by atoms with Crippen LogP contribution in [0.25, 0.3) is 5.65 Å². The number of hydrogen-bond acceptors (Lipinski definition) is 3. The summed E-state index contributed by atoms with van der Waals surface area (Å²) in [5.41, 5.74) is 0.290. The second-order valence-electron chi connectivity index (χ2n) is 4.31. The van der Waals surface area contributed by atoms with Gasteiger partial charge >= 0.3 is 5.97 Å². The number of carbonyl (C=O) groups excluding carboxylic acids is 1. The molecule has 0 aliphatic heterocycles. The predicted octanol–water partition coefficient (Wildman–Crippen LogP) is 2.28. The fourth-order valence-electron chi connectivity index (χ4n) is 2.14. The number of rotatable bonds is 2. The van der Waals surface area contributed by atoms with Crippen LogP contribution in [0.3, 0.4) is 0 Å². The van der Waals surface area contributed by atoms with Gasteiger partial charge in [-0.15, -0.1) is 0 Å². The highest BCUT2D eigenvalue weighted by molar-refractivity contribution is 5.91. The normalized spacial score (nSPS) is 15.1. The van der Waals surface area contributed by atoms with Crippen LogP contribution in [-0.4, -0.2) is 22.5 Å². The van der Waals surface area contributed by atoms with Crippen molar-refractivity contribution in [2.45, 2.75) is 18.8 Å². The molecule has 1 fully saturated rings. The molecule has 1 aliphatic carbocycles. The molecule has 0 aromatic carbocycles. The van der Waals surface area contributed by atoms with Crippen LogP contribution in [0.15, 0.2) is 12.4 Å². The van der Waals surface area contributed by atoms with Gasteiger partial charge in [-0.05, 0) is 18.8 Å². The molecule has 94 valence electrons. The fourth-order valence-corrected chi connectivity index (χ4v) is 2.14. The van der Waals surface area contributed by atoms with Crippen LogP contribution < -0.4 is 0 Å². The minimum atomic E-state index is -0.678. The van der Waals surface area contributed by atoms with Crippen molar-refractivity contribution in [3.05, 3.63) is 35.3 Å². The lowest BCUT2D eigenvalue weighted by molar-refractivity contribution is 0.0591. The van der Waals surface area contributed by atoms with Crippen LogP contribution in [0.4, 0.5) is 8.78 Å². The van der Waals surface area contributed by atoms with Gasteiger partial charge in [0, 0.05) is 11.8 Å². The molecule has 1 saturated carbocycles. The second kappa shape index (κ2) is 3.76. The van der Waals surface area contributed by atoms with Gasteiger partial charge in [0.15, 0.2) is 17.3 Å². The van der Waals surface area contributed by atoms with Gasteiger partial charge in [-0.3, -0.25) is 4.40 Å². The first-order valence-electron chi connectivity index (χ1n) is 5.56. The highest BCUT2D eigenvalue weighted by Gasteiger charge is 2.36. The van der Waals surface area contributed by atoms with Crippen LogP contribution >= 0.6 is 0 Å². The van der Waals surface area contributed by atoms with E-state index in [-0.39, 0.29) is 17.3 Å². The Morgan fingerprint density at radius 2 is 2.22 bits per heavy atom. The van der Waals surface area contributed by atoms with Crippen molar-refractivity contribution in [2.24, 2.45) is 0 Å². The molecular formula is C12H10F2N2O2. The Morgan fingerprint density at radius 3 is 2.83 bits per heavy atom. The molecule has 0 amide bonds. The molecule has 0 radical (unpaired) electrons. The predicted molar refractivity (Wildman–Crippen MR) is 58.4 cm³/mol. The summed E-state index contributed by atoms with van der Waals surface area (Å²) in [7, 11) is 1.21. The summed E-state index contributed by atoms with van der Waals surface area (Å²) in [6.07, 6.45) is 3.61. The van der Waals surface area contributed by atoms with E-state index in [0.717, 1.165) is 29.6 Å². The molecule has 0 N–H and O–H groups in total. The molecule has 1 aliphatic rings. The maximum Gasteiger partial charge on any atom is 0.355 e. The topological polar surface area (TPSA) is 43.6 Å². The van der Waals surface area contributed by atoms with E-state index in [2.05, 4.69) is 9.72 Å². The number of fused-ring (bicyclic) bond motifs is 1. The SMILES string of the molecule is COC(=O)c1c(C2CC2)c(F)c2ncc(F)cn12. The second-order valence-corrected chi connectivity index (χ2v) is 4.31. The van der Waals surface area contributed by atoms with Gasteiger partial charge in [0.2, 0.25) is 0 Å². The smallest absolute Gasteiger partial charge is 0.355 e. The lowest BCUT2D eigenvalue weighted by Gasteiger charge is -2.02. The van der Waals surface area contributed by atoms with Crippen LogP contribution in [0.5, 0.6) is 0 Å². The number of ether oxygens (including phenoxy) is 1. The zero-order valence-corrected chi connectivity index (χ0v) is 9.61. The van der Waals surface area contributed by atoms with Gasteiger partial charge in [0.1, 0.15) is 5.69 Å². The van der Waals surface area contributed by atoms with Gasteiger partial charge in [0.05, 0.1) is 13.3 Å². The third-order valence-electron chi connectivity index (χ3n) is 3.08. The molecule has 0 bridgehead atoms. The van der Waals surface area contributed by atoms with Crippen molar-refractivity contribution < 1.29 is 18.3 Å². The van der Waals surface area contributed by atoms with Crippen molar-refractivity contribution in [1.29, 1.82) is 0 Å². The van der Waals surface area contributed by atoms with Gasteiger partial charge in [-0.1, -0.05) is 0 Å². The molecule has 6 heteroatoms. The Balaban J connectivity index is 2.36. The Morgan fingerprint density at radius 1 is 1.50 bits per heavy atom. The summed E-state index contributed by atoms with van der Waals surface area (Å²) in [4.78, 5) is 15.4. The zero-order chi connectivity index (χ0) is 12.9. The fraction of sp³-hybridized carbons (Fsp3) is 0.333. The highest BCUT2D eigenvalue weighted by atomic mass is 19.1. The number of carbonyl (C=O) groups is 1. The van der Waals surface area contributed by atoms with Crippen molar-refractivity contribution in [3.8, 4) is 0 Å². The van der Waals surface area contributed by atoms with Crippen molar-refractivity contribution >= 4 is 11.6 Å². The lowest BCUT2D eigenvalue weighted by Crippen LogP contribution is -2.08. The number of halogens is 2. The molecule has 0 spiro atoms.